The fraction of sp³-hybridized carbons (Fsp3) is 0.176. The van der Waals surface area contributed by atoms with Crippen molar-refractivity contribution in [2.45, 2.75) is 12.5 Å². The lowest BCUT2D eigenvalue weighted by Crippen LogP contribution is -2.34. The molecule has 0 spiro atoms. The summed E-state index contributed by atoms with van der Waals surface area (Å²) in [6.07, 6.45) is 0.0672. The van der Waals surface area contributed by atoms with Gasteiger partial charge in [-0.25, -0.2) is 4.90 Å². The Morgan fingerprint density at radius 1 is 1.13 bits per heavy atom. The van der Waals surface area contributed by atoms with Crippen LogP contribution in [0, 0.1) is 0 Å². The van der Waals surface area contributed by atoms with Gasteiger partial charge in [-0.3, -0.25) is 9.59 Å². The Kier molecular flexibility index (Phi) is 3.89. The van der Waals surface area contributed by atoms with Gasteiger partial charge in [0, 0.05) is 0 Å². The lowest BCUT2D eigenvalue weighted by molar-refractivity contribution is -0.121. The number of nitrogens with zero attached hydrogens (tertiary/aromatic N) is 1. The van der Waals surface area contributed by atoms with Gasteiger partial charge in [-0.1, -0.05) is 12.1 Å². The van der Waals surface area contributed by atoms with Gasteiger partial charge in [0.25, 0.3) is 5.91 Å². The maximum atomic E-state index is 12.5. The molecule has 6 heteroatoms. The molecule has 0 saturated carbocycles. The number of amides is 2. The minimum absolute atomic E-state index is 0.0672. The normalized spacial score (nSPS) is 17.4. The molecule has 118 valence electrons. The summed E-state index contributed by atoms with van der Waals surface area (Å²) in [5.41, 5.74) is 1.11. The zero-order valence-electron chi connectivity index (χ0n) is 12.5. The molecule has 2 aromatic rings. The van der Waals surface area contributed by atoms with Crippen molar-refractivity contribution in [3.63, 3.8) is 0 Å². The largest absolute Gasteiger partial charge is 0.508 e. The van der Waals surface area contributed by atoms with Gasteiger partial charge in [0.2, 0.25) is 5.91 Å². The monoisotopic (exact) mass is 312 g/mol. The van der Waals surface area contributed by atoms with Crippen LogP contribution in [0.3, 0.4) is 0 Å². The van der Waals surface area contributed by atoms with Gasteiger partial charge in [0.1, 0.15) is 17.5 Å². The Morgan fingerprint density at radius 2 is 1.83 bits per heavy atom. The summed E-state index contributed by atoms with van der Waals surface area (Å²) < 4.78 is 5.24. The van der Waals surface area contributed by atoms with E-state index >= 15 is 0 Å². The number of anilines is 2. The van der Waals surface area contributed by atoms with Crippen molar-refractivity contribution in [1.82, 2.24) is 0 Å². The van der Waals surface area contributed by atoms with Crippen LogP contribution in [0.4, 0.5) is 11.4 Å². The highest BCUT2D eigenvalue weighted by molar-refractivity contribution is 6.23. The Labute approximate surface area is 133 Å². The van der Waals surface area contributed by atoms with Gasteiger partial charge in [-0.05, 0) is 36.4 Å². The lowest BCUT2D eigenvalue weighted by atomic mass is 10.2. The van der Waals surface area contributed by atoms with Gasteiger partial charge >= 0.3 is 0 Å². The molecule has 0 radical (unpaired) electrons. The highest BCUT2D eigenvalue weighted by Gasteiger charge is 2.39. The number of hydrogen-bond acceptors (Lipinski definition) is 5. The average molecular weight is 312 g/mol. The number of aromatic hydroxyl groups is 1. The quantitative estimate of drug-likeness (QED) is 0.846. The predicted octanol–water partition coefficient (Wildman–Crippen LogP) is 2.14. The molecule has 2 amide bonds. The number of imide groups is 1. The maximum absolute atomic E-state index is 12.5. The van der Waals surface area contributed by atoms with Crippen LogP contribution in [0.25, 0.3) is 0 Å². The second kappa shape index (κ2) is 6.00. The fourth-order valence-electron chi connectivity index (χ4n) is 2.57. The van der Waals surface area contributed by atoms with E-state index < -0.39 is 6.04 Å². The first-order chi connectivity index (χ1) is 11.1. The van der Waals surface area contributed by atoms with Crippen LogP contribution in [0.2, 0.25) is 0 Å². The molecule has 6 nitrogen and oxygen atoms in total. The molecule has 1 atom stereocenters. The topological polar surface area (TPSA) is 78.9 Å². The number of para-hydroxylation sites is 2. The van der Waals surface area contributed by atoms with E-state index in [1.807, 2.05) is 12.1 Å². The number of ether oxygens (including phenoxy) is 1. The van der Waals surface area contributed by atoms with Gasteiger partial charge in [0.05, 0.1) is 24.9 Å². The van der Waals surface area contributed by atoms with Crippen LogP contribution >= 0.6 is 0 Å². The molecule has 1 aliphatic heterocycles. The number of methoxy groups -OCH3 is 1. The molecule has 2 N–H and O–H groups in total. The summed E-state index contributed by atoms with van der Waals surface area (Å²) in [6, 6.07) is 12.5. The standard InChI is InChI=1S/C17H16N2O4/c1-23-15-5-3-2-4-13(15)18-14-10-16(21)19(17(14)22)11-6-8-12(20)9-7-11/h2-9,14,18,20H,10H2,1H3. The van der Waals surface area contributed by atoms with Gasteiger partial charge in [-0.2, -0.15) is 0 Å². The van der Waals surface area contributed by atoms with Crippen LogP contribution in [-0.4, -0.2) is 30.1 Å². The number of carbonyl (C=O) groups is 2. The predicted molar refractivity (Wildman–Crippen MR) is 85.6 cm³/mol. The summed E-state index contributed by atoms with van der Waals surface area (Å²) in [5, 5.41) is 12.4. The molecule has 0 aromatic heterocycles. The van der Waals surface area contributed by atoms with Crippen molar-refractivity contribution in [1.29, 1.82) is 0 Å². The van der Waals surface area contributed by atoms with Crippen LogP contribution in [-0.2, 0) is 9.59 Å². The van der Waals surface area contributed by atoms with Crippen molar-refractivity contribution in [3.8, 4) is 11.5 Å². The van der Waals surface area contributed by atoms with Crippen molar-refractivity contribution < 1.29 is 19.4 Å². The molecular weight excluding hydrogens is 296 g/mol. The van der Waals surface area contributed by atoms with Crippen molar-refractivity contribution >= 4 is 23.2 Å². The minimum Gasteiger partial charge on any atom is -0.508 e. The SMILES string of the molecule is COc1ccccc1NC1CC(=O)N(c2ccc(O)cc2)C1=O. The minimum atomic E-state index is -0.646. The van der Waals surface area contributed by atoms with E-state index in [4.69, 9.17) is 4.74 Å². The third kappa shape index (κ3) is 2.83. The van der Waals surface area contributed by atoms with Crippen LogP contribution in [0.15, 0.2) is 48.5 Å². The molecule has 2 aromatic carbocycles. The second-order valence-corrected chi connectivity index (χ2v) is 5.19. The Bertz CT molecular complexity index is 743. The summed E-state index contributed by atoms with van der Waals surface area (Å²) in [7, 11) is 1.55. The van der Waals surface area contributed by atoms with E-state index in [1.165, 1.54) is 24.3 Å². The van der Waals surface area contributed by atoms with E-state index in [-0.39, 0.29) is 24.0 Å². The number of phenols is 1. The van der Waals surface area contributed by atoms with E-state index in [1.54, 1.807) is 19.2 Å². The van der Waals surface area contributed by atoms with E-state index in [9.17, 15) is 14.7 Å². The average Bonchev–Trinajstić information content (AvgIpc) is 2.83. The van der Waals surface area contributed by atoms with E-state index in [0.29, 0.717) is 17.1 Å². The number of phenolic OH excluding ortho intramolecular Hbond substituents is 1. The first kappa shape index (κ1) is 14.9. The highest BCUT2D eigenvalue weighted by atomic mass is 16.5. The molecule has 0 bridgehead atoms. The van der Waals surface area contributed by atoms with Gasteiger partial charge < -0.3 is 15.2 Å². The number of rotatable bonds is 4. The Morgan fingerprint density at radius 3 is 2.52 bits per heavy atom. The first-order valence-corrected chi connectivity index (χ1v) is 7.15. The molecule has 1 unspecified atom stereocenters. The summed E-state index contributed by atoms with van der Waals surface area (Å²) in [5.74, 6) is 0.0760. The second-order valence-electron chi connectivity index (χ2n) is 5.19. The maximum Gasteiger partial charge on any atom is 0.256 e. The number of nitrogens with one attached hydrogen (secondary N) is 1. The smallest absolute Gasteiger partial charge is 0.256 e. The number of benzene rings is 2. The van der Waals surface area contributed by atoms with E-state index in [2.05, 4.69) is 5.32 Å². The molecule has 0 aliphatic carbocycles. The van der Waals surface area contributed by atoms with Crippen LogP contribution in [0.1, 0.15) is 6.42 Å². The molecule has 1 heterocycles. The molecule has 3 rings (SSSR count). The number of carbonyl (C=O) groups excluding carboxylic acids is 2. The number of hydrogen-bond donors (Lipinski definition) is 2. The summed E-state index contributed by atoms with van der Waals surface area (Å²) >= 11 is 0. The molecular formula is C17H16N2O4. The lowest BCUT2D eigenvalue weighted by Gasteiger charge is -2.17. The fourth-order valence-corrected chi connectivity index (χ4v) is 2.57. The zero-order chi connectivity index (χ0) is 16.4. The van der Waals surface area contributed by atoms with Crippen molar-refractivity contribution in [3.05, 3.63) is 48.5 Å². The zero-order valence-corrected chi connectivity index (χ0v) is 12.5. The molecule has 23 heavy (non-hydrogen) atoms. The molecule has 1 fully saturated rings. The Balaban J connectivity index is 1.82. The van der Waals surface area contributed by atoms with Crippen LogP contribution in [0.5, 0.6) is 11.5 Å². The first-order valence-electron chi connectivity index (χ1n) is 7.15. The van der Waals surface area contributed by atoms with E-state index in [0.717, 1.165) is 4.90 Å². The third-order valence-corrected chi connectivity index (χ3v) is 3.69. The summed E-state index contributed by atoms with van der Waals surface area (Å²) in [6.45, 7) is 0. The van der Waals surface area contributed by atoms with Crippen LogP contribution < -0.4 is 15.0 Å². The highest BCUT2D eigenvalue weighted by Crippen LogP contribution is 2.29. The summed E-state index contributed by atoms with van der Waals surface area (Å²) in [4.78, 5) is 25.9. The van der Waals surface area contributed by atoms with Gasteiger partial charge in [0.15, 0.2) is 0 Å². The Hall–Kier alpha value is -3.02. The van der Waals surface area contributed by atoms with Gasteiger partial charge in [-0.15, -0.1) is 0 Å². The molecule has 1 saturated heterocycles. The van der Waals surface area contributed by atoms with Crippen molar-refractivity contribution in [2.24, 2.45) is 0 Å². The third-order valence-electron chi connectivity index (χ3n) is 3.69. The molecule has 1 aliphatic rings. The van der Waals surface area contributed by atoms with Crippen molar-refractivity contribution in [2.75, 3.05) is 17.3 Å².